The molecule has 0 unspecified atom stereocenters. The maximum Gasteiger partial charge on any atom is 0.258 e. The van der Waals surface area contributed by atoms with Crippen molar-refractivity contribution < 1.29 is 9.26 Å². The Morgan fingerprint density at radius 1 is 1.33 bits per heavy atom. The Kier molecular flexibility index (Phi) is 4.17. The molecular weight excluding hydrogens is 306 g/mol. The third-order valence-corrected chi connectivity index (χ3v) is 3.13. The molecule has 2 aromatic heterocycles. The zero-order valence-electron chi connectivity index (χ0n) is 12.7. The highest BCUT2D eigenvalue weighted by Gasteiger charge is 2.13. The Labute approximate surface area is 138 Å². The first-order chi connectivity index (χ1) is 11.7. The van der Waals surface area contributed by atoms with E-state index in [1.54, 1.807) is 30.3 Å². The van der Waals surface area contributed by atoms with Crippen molar-refractivity contribution in [3.05, 3.63) is 53.5 Å². The molecule has 0 aliphatic rings. The smallest absolute Gasteiger partial charge is 0.258 e. The fraction of sp³-hybridized carbons (Fsp3) is 0.118. The number of hydrogen-bond acceptors (Lipinski definition) is 6. The zero-order valence-corrected chi connectivity index (χ0v) is 12.7. The number of rotatable bonds is 4. The fourth-order valence-electron chi connectivity index (χ4n) is 2.07. The highest BCUT2D eigenvalue weighted by molar-refractivity contribution is 5.62. The normalized spacial score (nSPS) is 9.96. The quantitative estimate of drug-likeness (QED) is 0.683. The average molecular weight is 317 g/mol. The van der Waals surface area contributed by atoms with E-state index in [1.165, 1.54) is 6.20 Å². The molecule has 7 heteroatoms. The predicted molar refractivity (Wildman–Crippen MR) is 85.1 cm³/mol. The lowest BCUT2D eigenvalue weighted by atomic mass is 10.1. The molecule has 116 valence electrons. The van der Waals surface area contributed by atoms with Crippen molar-refractivity contribution in [2.24, 2.45) is 0 Å². The molecule has 0 bridgehead atoms. The van der Waals surface area contributed by atoms with Gasteiger partial charge in [0.1, 0.15) is 11.4 Å². The van der Waals surface area contributed by atoms with Crippen LogP contribution in [0.3, 0.4) is 0 Å². The van der Waals surface area contributed by atoms with Gasteiger partial charge in [-0.3, -0.25) is 4.98 Å². The molecular formula is C17H11N5O2. The van der Waals surface area contributed by atoms with E-state index in [9.17, 15) is 0 Å². The lowest BCUT2D eigenvalue weighted by Gasteiger charge is -2.04. The molecule has 0 aliphatic carbocycles. The van der Waals surface area contributed by atoms with E-state index in [1.807, 2.05) is 6.92 Å². The van der Waals surface area contributed by atoms with Crippen LogP contribution in [0, 0.1) is 17.9 Å². The number of ether oxygens (including phenoxy) is 1. The Hall–Kier alpha value is -3.71. The monoisotopic (exact) mass is 317 g/mol. The van der Waals surface area contributed by atoms with Gasteiger partial charge in [0.15, 0.2) is 0 Å². The third-order valence-electron chi connectivity index (χ3n) is 3.13. The summed E-state index contributed by atoms with van der Waals surface area (Å²) >= 11 is 0. The predicted octanol–water partition coefficient (Wildman–Crippen LogP) is 3.62. The molecule has 7 nitrogen and oxygen atoms in total. The Balaban J connectivity index is 1.97. The van der Waals surface area contributed by atoms with Gasteiger partial charge in [-0.1, -0.05) is 11.2 Å². The number of aromatic nitrogens is 3. The number of pyridine rings is 1. The van der Waals surface area contributed by atoms with Gasteiger partial charge in [-0.25, -0.2) is 4.85 Å². The van der Waals surface area contributed by atoms with E-state index in [0.29, 0.717) is 40.7 Å². The van der Waals surface area contributed by atoms with E-state index in [4.69, 9.17) is 21.1 Å². The van der Waals surface area contributed by atoms with Gasteiger partial charge >= 0.3 is 0 Å². The van der Waals surface area contributed by atoms with Crippen molar-refractivity contribution in [1.82, 2.24) is 15.1 Å². The standard InChI is InChI=1S/C17H11N5O2/c1-3-23-14-7-11(9-18)6-12(8-14)17-21-16(22-24-17)15-5-4-13(19-2)10-20-15/h4-8,10H,3H2,1H3. The van der Waals surface area contributed by atoms with Crippen LogP contribution in [-0.2, 0) is 0 Å². The SMILES string of the molecule is [C-]#[N+]c1ccc(-c2noc(-c3cc(C#N)cc(OCC)c3)n2)nc1. The maximum atomic E-state index is 9.13. The topological polar surface area (TPSA) is 89.2 Å². The first-order valence-corrected chi connectivity index (χ1v) is 7.09. The van der Waals surface area contributed by atoms with E-state index in [2.05, 4.69) is 26.0 Å². The Morgan fingerprint density at radius 2 is 2.21 bits per heavy atom. The summed E-state index contributed by atoms with van der Waals surface area (Å²) in [5.41, 5.74) is 1.97. The second kappa shape index (κ2) is 6.59. The van der Waals surface area contributed by atoms with Gasteiger partial charge in [0.2, 0.25) is 11.5 Å². The number of nitriles is 1. The molecule has 0 atom stereocenters. The molecule has 0 radical (unpaired) electrons. The molecule has 24 heavy (non-hydrogen) atoms. The summed E-state index contributed by atoms with van der Waals surface area (Å²) < 4.78 is 10.7. The molecule has 0 fully saturated rings. The van der Waals surface area contributed by atoms with Gasteiger partial charge in [-0.2, -0.15) is 10.2 Å². The lowest BCUT2D eigenvalue weighted by molar-refractivity contribution is 0.340. The van der Waals surface area contributed by atoms with Crippen LogP contribution in [0.4, 0.5) is 5.69 Å². The molecule has 0 saturated carbocycles. The summed E-state index contributed by atoms with van der Waals surface area (Å²) in [6.07, 6.45) is 1.45. The first kappa shape index (κ1) is 15.2. The van der Waals surface area contributed by atoms with E-state index in [0.717, 1.165) is 0 Å². The number of hydrogen-bond donors (Lipinski definition) is 0. The molecule has 0 amide bonds. The van der Waals surface area contributed by atoms with Crippen LogP contribution >= 0.6 is 0 Å². The van der Waals surface area contributed by atoms with Crippen molar-refractivity contribution in [3.8, 4) is 34.8 Å². The summed E-state index contributed by atoms with van der Waals surface area (Å²) in [5, 5.41) is 13.0. The molecule has 3 aromatic rings. The van der Waals surface area contributed by atoms with Gasteiger partial charge in [0.05, 0.1) is 24.8 Å². The van der Waals surface area contributed by atoms with E-state index in [-0.39, 0.29) is 5.89 Å². The molecule has 1 aromatic carbocycles. The summed E-state index contributed by atoms with van der Waals surface area (Å²) in [5.74, 6) is 1.13. The second-order valence-electron chi connectivity index (χ2n) is 4.73. The van der Waals surface area contributed by atoms with E-state index < -0.39 is 0 Å². The first-order valence-electron chi connectivity index (χ1n) is 7.09. The molecule has 3 rings (SSSR count). The van der Waals surface area contributed by atoms with Gasteiger partial charge < -0.3 is 9.26 Å². The van der Waals surface area contributed by atoms with Crippen LogP contribution in [0.2, 0.25) is 0 Å². The lowest BCUT2D eigenvalue weighted by Crippen LogP contribution is -1.93. The second-order valence-corrected chi connectivity index (χ2v) is 4.73. The maximum absolute atomic E-state index is 9.13. The van der Waals surface area contributed by atoms with Crippen molar-refractivity contribution in [1.29, 1.82) is 5.26 Å². The van der Waals surface area contributed by atoms with Crippen molar-refractivity contribution in [2.45, 2.75) is 6.92 Å². The van der Waals surface area contributed by atoms with Gasteiger partial charge in [0.25, 0.3) is 5.89 Å². The summed E-state index contributed by atoms with van der Waals surface area (Å²) in [6.45, 7) is 9.27. The van der Waals surface area contributed by atoms with Gasteiger partial charge in [-0.05, 0) is 31.2 Å². The van der Waals surface area contributed by atoms with Crippen molar-refractivity contribution >= 4 is 5.69 Å². The summed E-state index contributed by atoms with van der Waals surface area (Å²) in [6, 6.07) is 10.4. The largest absolute Gasteiger partial charge is 0.494 e. The van der Waals surface area contributed by atoms with Crippen LogP contribution in [0.15, 0.2) is 41.1 Å². The number of benzene rings is 1. The molecule has 0 spiro atoms. The minimum absolute atomic E-state index is 0.263. The fourth-order valence-corrected chi connectivity index (χ4v) is 2.07. The van der Waals surface area contributed by atoms with Gasteiger partial charge in [-0.15, -0.1) is 0 Å². The summed E-state index contributed by atoms with van der Waals surface area (Å²) in [7, 11) is 0. The van der Waals surface area contributed by atoms with Crippen molar-refractivity contribution in [3.63, 3.8) is 0 Å². The molecule has 0 aliphatic heterocycles. The minimum Gasteiger partial charge on any atom is -0.494 e. The average Bonchev–Trinajstić information content (AvgIpc) is 3.12. The zero-order chi connectivity index (χ0) is 16.9. The molecule has 2 heterocycles. The molecule has 0 N–H and O–H groups in total. The van der Waals surface area contributed by atoms with Crippen molar-refractivity contribution in [2.75, 3.05) is 6.61 Å². The summed E-state index contributed by atoms with van der Waals surface area (Å²) in [4.78, 5) is 11.7. The van der Waals surface area contributed by atoms with E-state index >= 15 is 0 Å². The Morgan fingerprint density at radius 3 is 2.88 bits per heavy atom. The molecule has 0 saturated heterocycles. The van der Waals surface area contributed by atoms with Crippen LogP contribution in [-0.4, -0.2) is 21.7 Å². The minimum atomic E-state index is 0.263. The number of nitrogens with zero attached hydrogens (tertiary/aromatic N) is 5. The van der Waals surface area contributed by atoms with Crippen LogP contribution in [0.5, 0.6) is 5.75 Å². The van der Waals surface area contributed by atoms with Crippen LogP contribution < -0.4 is 4.74 Å². The highest BCUT2D eigenvalue weighted by Crippen LogP contribution is 2.27. The Bertz CT molecular complexity index is 948. The van der Waals surface area contributed by atoms with Gasteiger partial charge in [0, 0.05) is 11.8 Å². The third kappa shape index (κ3) is 3.06. The van der Waals surface area contributed by atoms with Crippen LogP contribution in [0.25, 0.3) is 27.8 Å². The highest BCUT2D eigenvalue weighted by atomic mass is 16.5. The van der Waals surface area contributed by atoms with Crippen LogP contribution in [0.1, 0.15) is 12.5 Å².